The molecule has 0 bridgehead atoms. The molecule has 2 rings (SSSR count). The minimum atomic E-state index is -0.390. The van der Waals surface area contributed by atoms with E-state index in [1.54, 1.807) is 6.07 Å². The van der Waals surface area contributed by atoms with Crippen LogP contribution in [0.5, 0.6) is 0 Å². The Labute approximate surface area is 105 Å². The van der Waals surface area contributed by atoms with Crippen LogP contribution in [-0.4, -0.2) is 17.8 Å². The van der Waals surface area contributed by atoms with Gasteiger partial charge < -0.3 is 14.6 Å². The van der Waals surface area contributed by atoms with Gasteiger partial charge in [-0.25, -0.2) is 4.79 Å². The fraction of sp³-hybridized carbons (Fsp3) is 0.308. The van der Waals surface area contributed by atoms with E-state index in [2.05, 4.69) is 10.2 Å². The number of nitrogens with zero attached hydrogens (tertiary/aromatic N) is 1. The number of furan rings is 1. The average molecular weight is 248 g/mol. The summed E-state index contributed by atoms with van der Waals surface area (Å²) >= 11 is 0. The monoisotopic (exact) mass is 248 g/mol. The number of hydrogen-bond acceptors (Lipinski definition) is 4. The maximum Gasteiger partial charge on any atom is 0.341 e. The topological polar surface area (TPSA) is 56.4 Å². The Morgan fingerprint density at radius 2 is 2.06 bits per heavy atom. The Balaban J connectivity index is 2.03. The van der Waals surface area contributed by atoms with Gasteiger partial charge in [-0.15, -0.1) is 0 Å². The molecule has 0 amide bonds. The van der Waals surface area contributed by atoms with Crippen LogP contribution in [0.15, 0.2) is 28.9 Å². The molecule has 5 nitrogen and oxygen atoms in total. The van der Waals surface area contributed by atoms with Crippen LogP contribution in [0.3, 0.4) is 0 Å². The molecular weight excluding hydrogens is 232 g/mol. The Bertz CT molecular complexity index is 535. The summed E-state index contributed by atoms with van der Waals surface area (Å²) in [4.78, 5) is 11.3. The largest absolute Gasteiger partial charge is 0.466 e. The second kappa shape index (κ2) is 5.00. The normalized spacial score (nSPS) is 10.4. The van der Waals surface area contributed by atoms with Crippen LogP contribution in [0.2, 0.25) is 0 Å². The van der Waals surface area contributed by atoms with Gasteiger partial charge in [-0.1, -0.05) is 0 Å². The molecule has 1 N–H and O–H groups in total. The van der Waals surface area contributed by atoms with Gasteiger partial charge in [0.25, 0.3) is 0 Å². The highest BCUT2D eigenvalue weighted by Gasteiger charge is 2.10. The number of aromatic nitrogens is 1. The van der Waals surface area contributed by atoms with Crippen LogP contribution >= 0.6 is 0 Å². The summed E-state index contributed by atoms with van der Waals surface area (Å²) in [5.41, 5.74) is 5.88. The van der Waals surface area contributed by atoms with Gasteiger partial charge in [0.05, 0.1) is 19.2 Å². The predicted molar refractivity (Wildman–Crippen MR) is 67.0 cm³/mol. The highest BCUT2D eigenvalue weighted by molar-refractivity contribution is 5.88. The zero-order chi connectivity index (χ0) is 13.1. The van der Waals surface area contributed by atoms with E-state index in [0.29, 0.717) is 17.9 Å². The lowest BCUT2D eigenvalue weighted by Crippen LogP contribution is -2.16. The molecule has 96 valence electrons. The number of rotatable bonds is 4. The van der Waals surface area contributed by atoms with Crippen molar-refractivity contribution in [1.29, 1.82) is 0 Å². The first-order valence-corrected chi connectivity index (χ1v) is 5.66. The number of carbonyl (C=O) groups is 1. The van der Waals surface area contributed by atoms with E-state index in [9.17, 15) is 4.79 Å². The van der Waals surface area contributed by atoms with Crippen molar-refractivity contribution in [2.75, 3.05) is 12.5 Å². The second-order valence-electron chi connectivity index (χ2n) is 4.08. The standard InChI is InChI=1S/C13H16N2O3/c1-9-4-5-10(2)15(9)14-7-12-6-11(8-18-12)13(16)17-3/h4-6,8,14H,7H2,1-3H3. The van der Waals surface area contributed by atoms with Crippen molar-refractivity contribution in [3.63, 3.8) is 0 Å². The lowest BCUT2D eigenvalue weighted by Gasteiger charge is -2.10. The van der Waals surface area contributed by atoms with Crippen molar-refractivity contribution in [2.24, 2.45) is 0 Å². The van der Waals surface area contributed by atoms with E-state index in [1.165, 1.54) is 13.4 Å². The third kappa shape index (κ3) is 2.40. The first-order valence-electron chi connectivity index (χ1n) is 5.66. The van der Waals surface area contributed by atoms with E-state index in [-0.39, 0.29) is 0 Å². The maximum absolute atomic E-state index is 11.3. The number of carbonyl (C=O) groups excluding carboxylic acids is 1. The van der Waals surface area contributed by atoms with Gasteiger partial charge in [0.1, 0.15) is 12.0 Å². The Hall–Kier alpha value is -2.17. The van der Waals surface area contributed by atoms with Crippen LogP contribution in [0.4, 0.5) is 0 Å². The molecule has 5 heteroatoms. The summed E-state index contributed by atoms with van der Waals surface area (Å²) in [6, 6.07) is 5.74. The molecule has 0 fully saturated rings. The van der Waals surface area contributed by atoms with Gasteiger partial charge >= 0.3 is 5.97 Å². The van der Waals surface area contributed by atoms with Crippen LogP contribution < -0.4 is 5.43 Å². The van der Waals surface area contributed by atoms with E-state index < -0.39 is 5.97 Å². The van der Waals surface area contributed by atoms with E-state index in [4.69, 9.17) is 4.42 Å². The molecule has 0 unspecified atom stereocenters. The SMILES string of the molecule is COC(=O)c1coc(CNn2c(C)ccc2C)c1. The third-order valence-electron chi connectivity index (χ3n) is 2.76. The molecule has 2 aromatic rings. The molecule has 0 aromatic carbocycles. The van der Waals surface area contributed by atoms with Crippen LogP contribution in [-0.2, 0) is 11.3 Å². The Morgan fingerprint density at radius 1 is 1.39 bits per heavy atom. The highest BCUT2D eigenvalue weighted by atomic mass is 16.5. The highest BCUT2D eigenvalue weighted by Crippen LogP contribution is 2.10. The number of esters is 1. The molecule has 2 aromatic heterocycles. The number of methoxy groups -OCH3 is 1. The predicted octanol–water partition coefficient (Wildman–Crippen LogP) is 2.23. The fourth-order valence-corrected chi connectivity index (χ4v) is 1.77. The van der Waals surface area contributed by atoms with Crippen molar-refractivity contribution in [3.05, 3.63) is 47.2 Å². The minimum absolute atomic E-state index is 0.390. The molecule has 0 saturated carbocycles. The summed E-state index contributed by atoms with van der Waals surface area (Å²) in [6.45, 7) is 4.54. The van der Waals surface area contributed by atoms with Gasteiger partial charge in [-0.3, -0.25) is 4.68 Å². The molecule has 2 heterocycles. The molecule has 0 aliphatic carbocycles. The molecular formula is C13H16N2O3. The number of ether oxygens (including phenoxy) is 1. The minimum Gasteiger partial charge on any atom is -0.466 e. The number of aryl methyl sites for hydroxylation is 2. The van der Waals surface area contributed by atoms with Crippen LogP contribution in [0.1, 0.15) is 27.5 Å². The lowest BCUT2D eigenvalue weighted by molar-refractivity contribution is 0.0600. The van der Waals surface area contributed by atoms with Gasteiger partial charge in [0, 0.05) is 11.4 Å². The maximum atomic E-state index is 11.3. The third-order valence-corrected chi connectivity index (χ3v) is 2.76. The van der Waals surface area contributed by atoms with Crippen molar-refractivity contribution in [1.82, 2.24) is 4.68 Å². The van der Waals surface area contributed by atoms with Crippen molar-refractivity contribution >= 4 is 5.97 Å². The first kappa shape index (κ1) is 12.3. The molecule has 0 radical (unpaired) electrons. The summed E-state index contributed by atoms with van der Waals surface area (Å²) < 4.78 is 11.9. The van der Waals surface area contributed by atoms with E-state index in [0.717, 1.165) is 11.4 Å². The molecule has 18 heavy (non-hydrogen) atoms. The molecule has 0 atom stereocenters. The van der Waals surface area contributed by atoms with Crippen molar-refractivity contribution < 1.29 is 13.9 Å². The summed E-state index contributed by atoms with van der Waals surface area (Å²) in [6.07, 6.45) is 1.40. The fourth-order valence-electron chi connectivity index (χ4n) is 1.77. The number of nitrogens with one attached hydrogen (secondary N) is 1. The Morgan fingerprint density at radius 3 is 2.67 bits per heavy atom. The van der Waals surface area contributed by atoms with Crippen LogP contribution in [0.25, 0.3) is 0 Å². The average Bonchev–Trinajstić information content (AvgIpc) is 2.95. The second-order valence-corrected chi connectivity index (χ2v) is 4.08. The summed E-state index contributed by atoms with van der Waals surface area (Å²) in [7, 11) is 1.35. The molecule has 0 saturated heterocycles. The molecule has 0 spiro atoms. The van der Waals surface area contributed by atoms with Crippen LogP contribution in [0, 0.1) is 13.8 Å². The quantitative estimate of drug-likeness (QED) is 0.843. The summed E-state index contributed by atoms with van der Waals surface area (Å²) in [5, 5.41) is 0. The molecule has 0 aliphatic heterocycles. The van der Waals surface area contributed by atoms with Crippen molar-refractivity contribution in [2.45, 2.75) is 20.4 Å². The Kier molecular flexibility index (Phi) is 3.41. The zero-order valence-electron chi connectivity index (χ0n) is 10.7. The van der Waals surface area contributed by atoms with E-state index in [1.807, 2.05) is 30.7 Å². The van der Waals surface area contributed by atoms with E-state index >= 15 is 0 Å². The van der Waals surface area contributed by atoms with Gasteiger partial charge in [-0.2, -0.15) is 0 Å². The molecule has 0 aliphatic rings. The zero-order valence-corrected chi connectivity index (χ0v) is 10.7. The smallest absolute Gasteiger partial charge is 0.341 e. The van der Waals surface area contributed by atoms with Gasteiger partial charge in [0.15, 0.2) is 0 Å². The van der Waals surface area contributed by atoms with Crippen molar-refractivity contribution in [3.8, 4) is 0 Å². The number of hydrogen-bond donors (Lipinski definition) is 1. The first-order chi connectivity index (χ1) is 8.61. The van der Waals surface area contributed by atoms with Gasteiger partial charge in [0.2, 0.25) is 0 Å². The summed E-state index contributed by atoms with van der Waals surface area (Å²) in [5.74, 6) is 0.293. The lowest BCUT2D eigenvalue weighted by atomic mass is 10.3. The van der Waals surface area contributed by atoms with Gasteiger partial charge in [-0.05, 0) is 32.0 Å².